The van der Waals surface area contributed by atoms with E-state index in [1.165, 1.54) is 5.56 Å². The molecular weight excluding hydrogens is 468 g/mol. The molecule has 1 N–H and O–H groups in total. The first-order chi connectivity index (χ1) is 18.1. The van der Waals surface area contributed by atoms with Gasteiger partial charge in [-0.05, 0) is 54.7 Å². The quantitative estimate of drug-likeness (QED) is 0.490. The third-order valence-corrected chi connectivity index (χ3v) is 7.09. The van der Waals surface area contributed by atoms with E-state index in [0.29, 0.717) is 42.9 Å². The van der Waals surface area contributed by atoms with Crippen molar-refractivity contribution >= 4 is 5.91 Å². The molecule has 0 aliphatic carbocycles. The fraction of sp³-hybridized carbons (Fsp3) is 0.367. The van der Waals surface area contributed by atoms with Crippen LogP contribution in [0.4, 0.5) is 0 Å². The fourth-order valence-corrected chi connectivity index (χ4v) is 5.14. The number of nitrogens with one attached hydrogen (secondary N) is 1. The van der Waals surface area contributed by atoms with Gasteiger partial charge in [-0.25, -0.2) is 0 Å². The molecular formula is C30H34N2O5. The SMILES string of the molecule is COc1cc(OC)cc(C(=O)N2CC[C@H](NCc3ccc4c(c3)OCCO4)C[C@@H]2Cc2ccccc2)c1. The van der Waals surface area contributed by atoms with E-state index in [2.05, 4.69) is 41.7 Å². The average Bonchev–Trinajstić information content (AvgIpc) is 2.96. The Hall–Kier alpha value is -3.71. The van der Waals surface area contributed by atoms with E-state index in [9.17, 15) is 4.79 Å². The third-order valence-electron chi connectivity index (χ3n) is 7.09. The number of methoxy groups -OCH3 is 2. The van der Waals surface area contributed by atoms with Crippen molar-refractivity contribution in [1.29, 1.82) is 0 Å². The van der Waals surface area contributed by atoms with Gasteiger partial charge in [-0.1, -0.05) is 36.4 Å². The molecule has 3 aromatic carbocycles. The number of carbonyl (C=O) groups is 1. The van der Waals surface area contributed by atoms with Crippen molar-refractivity contribution < 1.29 is 23.7 Å². The number of hydrogen-bond donors (Lipinski definition) is 1. The summed E-state index contributed by atoms with van der Waals surface area (Å²) >= 11 is 0. The lowest BCUT2D eigenvalue weighted by Gasteiger charge is -2.40. The predicted octanol–water partition coefficient (Wildman–Crippen LogP) is 4.48. The van der Waals surface area contributed by atoms with Crippen molar-refractivity contribution in [1.82, 2.24) is 10.2 Å². The second kappa shape index (κ2) is 11.6. The van der Waals surface area contributed by atoms with Crippen molar-refractivity contribution in [3.8, 4) is 23.0 Å². The maximum Gasteiger partial charge on any atom is 0.254 e. The van der Waals surface area contributed by atoms with Gasteiger partial charge in [0.25, 0.3) is 5.91 Å². The van der Waals surface area contributed by atoms with Crippen LogP contribution >= 0.6 is 0 Å². The highest BCUT2D eigenvalue weighted by Gasteiger charge is 2.32. The first kappa shape index (κ1) is 25.0. The minimum absolute atomic E-state index is 0.00316. The van der Waals surface area contributed by atoms with Crippen LogP contribution in [0.5, 0.6) is 23.0 Å². The molecule has 3 aromatic rings. The van der Waals surface area contributed by atoms with Crippen molar-refractivity contribution in [2.45, 2.75) is 37.9 Å². The Bertz CT molecular complexity index is 1190. The Morgan fingerprint density at radius 3 is 2.38 bits per heavy atom. The Morgan fingerprint density at radius 1 is 0.919 bits per heavy atom. The molecule has 0 radical (unpaired) electrons. The van der Waals surface area contributed by atoms with Gasteiger partial charge in [0, 0.05) is 36.8 Å². The molecule has 0 bridgehead atoms. The van der Waals surface area contributed by atoms with Crippen LogP contribution < -0.4 is 24.3 Å². The lowest BCUT2D eigenvalue weighted by atomic mass is 9.91. The lowest BCUT2D eigenvalue weighted by molar-refractivity contribution is 0.0575. The zero-order chi connectivity index (χ0) is 25.6. The van der Waals surface area contributed by atoms with Gasteiger partial charge >= 0.3 is 0 Å². The number of piperidine rings is 1. The summed E-state index contributed by atoms with van der Waals surface area (Å²) in [5.41, 5.74) is 2.96. The number of nitrogens with zero attached hydrogens (tertiary/aromatic N) is 1. The molecule has 0 saturated carbocycles. The van der Waals surface area contributed by atoms with Crippen LogP contribution in [-0.4, -0.2) is 56.9 Å². The highest BCUT2D eigenvalue weighted by molar-refractivity contribution is 5.95. The van der Waals surface area contributed by atoms with Crippen molar-refractivity contribution in [3.05, 3.63) is 83.4 Å². The van der Waals surface area contributed by atoms with Gasteiger partial charge in [-0.2, -0.15) is 0 Å². The molecule has 2 aliphatic heterocycles. The molecule has 1 amide bonds. The van der Waals surface area contributed by atoms with Crippen molar-refractivity contribution in [2.75, 3.05) is 34.0 Å². The summed E-state index contributed by atoms with van der Waals surface area (Å²) < 4.78 is 22.2. The van der Waals surface area contributed by atoms with Crippen LogP contribution in [0.1, 0.15) is 34.3 Å². The largest absolute Gasteiger partial charge is 0.497 e. The molecule has 2 heterocycles. The molecule has 0 unspecified atom stereocenters. The van der Waals surface area contributed by atoms with Gasteiger partial charge in [-0.15, -0.1) is 0 Å². The molecule has 1 fully saturated rings. The minimum Gasteiger partial charge on any atom is -0.497 e. The fourth-order valence-electron chi connectivity index (χ4n) is 5.14. The highest BCUT2D eigenvalue weighted by atomic mass is 16.6. The van der Waals surface area contributed by atoms with E-state index in [0.717, 1.165) is 42.9 Å². The topological polar surface area (TPSA) is 69.3 Å². The van der Waals surface area contributed by atoms with E-state index in [1.807, 2.05) is 17.0 Å². The molecule has 2 aliphatic rings. The van der Waals surface area contributed by atoms with Crippen LogP contribution in [0.25, 0.3) is 0 Å². The number of likely N-dealkylation sites (tertiary alicyclic amines) is 1. The summed E-state index contributed by atoms with van der Waals surface area (Å²) in [7, 11) is 3.19. The van der Waals surface area contributed by atoms with Crippen LogP contribution in [0.15, 0.2) is 66.7 Å². The van der Waals surface area contributed by atoms with E-state index < -0.39 is 0 Å². The van der Waals surface area contributed by atoms with Crippen molar-refractivity contribution in [2.24, 2.45) is 0 Å². The standard InChI is InChI=1S/C30H34N2O5/c1-34-26-16-23(17-27(19-26)35-2)30(33)32-11-10-24(18-25(32)14-21-6-4-3-5-7-21)31-20-22-8-9-28-29(15-22)37-13-12-36-28/h3-9,15-17,19,24-25,31H,10-14,18,20H2,1-2H3/t24-,25-/m0/s1. The summed E-state index contributed by atoms with van der Waals surface area (Å²) in [4.78, 5) is 15.7. The van der Waals surface area contributed by atoms with Gasteiger partial charge in [0.2, 0.25) is 0 Å². The first-order valence-corrected chi connectivity index (χ1v) is 12.8. The number of amides is 1. The number of ether oxygens (including phenoxy) is 4. The number of carbonyl (C=O) groups excluding carboxylic acids is 1. The summed E-state index contributed by atoms with van der Waals surface area (Å²) in [6, 6.07) is 22.2. The molecule has 0 spiro atoms. The Kier molecular flexibility index (Phi) is 7.80. The molecule has 37 heavy (non-hydrogen) atoms. The molecule has 5 rings (SSSR count). The normalized spacial score (nSPS) is 18.8. The number of fused-ring (bicyclic) bond motifs is 1. The van der Waals surface area contributed by atoms with Gasteiger partial charge in [0.05, 0.1) is 14.2 Å². The predicted molar refractivity (Wildman–Crippen MR) is 142 cm³/mol. The average molecular weight is 503 g/mol. The van der Waals surface area contributed by atoms with E-state index in [1.54, 1.807) is 32.4 Å². The molecule has 7 nitrogen and oxygen atoms in total. The molecule has 7 heteroatoms. The summed E-state index contributed by atoms with van der Waals surface area (Å²) in [6.07, 6.45) is 2.55. The van der Waals surface area contributed by atoms with Crippen LogP contribution in [-0.2, 0) is 13.0 Å². The van der Waals surface area contributed by atoms with E-state index >= 15 is 0 Å². The zero-order valence-corrected chi connectivity index (χ0v) is 21.4. The Morgan fingerprint density at radius 2 is 1.65 bits per heavy atom. The minimum atomic E-state index is 0.00316. The van der Waals surface area contributed by atoms with Gasteiger partial charge in [-0.3, -0.25) is 4.79 Å². The van der Waals surface area contributed by atoms with Crippen molar-refractivity contribution in [3.63, 3.8) is 0 Å². The summed E-state index contributed by atoms with van der Waals surface area (Å²) in [5, 5.41) is 3.72. The Labute approximate surface area is 218 Å². The monoisotopic (exact) mass is 502 g/mol. The smallest absolute Gasteiger partial charge is 0.254 e. The number of rotatable bonds is 8. The maximum atomic E-state index is 13.7. The summed E-state index contributed by atoms with van der Waals surface area (Å²) in [6.45, 7) is 2.58. The molecule has 194 valence electrons. The van der Waals surface area contributed by atoms with Gasteiger partial charge in [0.1, 0.15) is 24.7 Å². The van der Waals surface area contributed by atoms with E-state index in [4.69, 9.17) is 18.9 Å². The number of hydrogen-bond acceptors (Lipinski definition) is 6. The second-order valence-electron chi connectivity index (χ2n) is 9.52. The Balaban J connectivity index is 1.31. The molecule has 2 atom stereocenters. The maximum absolute atomic E-state index is 13.7. The first-order valence-electron chi connectivity index (χ1n) is 12.8. The lowest BCUT2D eigenvalue weighted by Crippen LogP contribution is -2.51. The van der Waals surface area contributed by atoms with E-state index in [-0.39, 0.29) is 11.9 Å². The number of benzene rings is 3. The second-order valence-corrected chi connectivity index (χ2v) is 9.52. The molecule has 0 aromatic heterocycles. The third kappa shape index (κ3) is 6.00. The highest BCUT2D eigenvalue weighted by Crippen LogP contribution is 2.31. The zero-order valence-electron chi connectivity index (χ0n) is 21.4. The van der Waals surface area contributed by atoms with Crippen LogP contribution in [0.3, 0.4) is 0 Å². The van der Waals surface area contributed by atoms with Gasteiger partial charge in [0.15, 0.2) is 11.5 Å². The molecule has 1 saturated heterocycles. The van der Waals surface area contributed by atoms with Gasteiger partial charge < -0.3 is 29.2 Å². The van der Waals surface area contributed by atoms with Crippen LogP contribution in [0.2, 0.25) is 0 Å². The van der Waals surface area contributed by atoms with Crippen LogP contribution in [0, 0.1) is 0 Å². The summed E-state index contributed by atoms with van der Waals surface area (Å²) in [5.74, 6) is 2.83.